The summed E-state index contributed by atoms with van der Waals surface area (Å²) >= 11 is 0. The molecule has 0 radical (unpaired) electrons. The molecule has 0 heterocycles. The molecule has 2 aliphatic rings. The third-order valence-corrected chi connectivity index (χ3v) is 6.34. The van der Waals surface area contributed by atoms with Crippen LogP contribution in [0.4, 0.5) is 0 Å². The van der Waals surface area contributed by atoms with Crippen molar-refractivity contribution in [1.82, 2.24) is 4.90 Å². The Labute approximate surface area is 129 Å². The number of rotatable bonds is 2. The Morgan fingerprint density at radius 1 is 1.19 bits per heavy atom. The number of aliphatic hydroxyl groups excluding tert-OH is 1. The lowest BCUT2D eigenvalue weighted by atomic mass is 9.60. The quantitative estimate of drug-likeness (QED) is 0.820. The van der Waals surface area contributed by atoms with Gasteiger partial charge in [-0.3, -0.25) is 4.79 Å². The highest BCUT2D eigenvalue weighted by atomic mass is 16.3. The summed E-state index contributed by atoms with van der Waals surface area (Å²) in [5.74, 6) is 0.556. The lowest BCUT2D eigenvalue weighted by Gasteiger charge is -2.48. The second-order valence-corrected chi connectivity index (χ2v) is 7.77. The van der Waals surface area contributed by atoms with E-state index in [9.17, 15) is 9.90 Å². The number of nitrogens with zero attached hydrogens (tertiary/aromatic N) is 1. The molecule has 21 heavy (non-hydrogen) atoms. The van der Waals surface area contributed by atoms with E-state index in [1.165, 1.54) is 0 Å². The van der Waals surface area contributed by atoms with Gasteiger partial charge in [-0.25, -0.2) is 0 Å². The van der Waals surface area contributed by atoms with E-state index in [-0.39, 0.29) is 35.4 Å². The Balaban J connectivity index is 2.11. The van der Waals surface area contributed by atoms with Crippen molar-refractivity contribution in [2.75, 3.05) is 7.05 Å². The molecule has 3 N–H and O–H groups in total. The van der Waals surface area contributed by atoms with Crippen LogP contribution in [0, 0.1) is 17.3 Å². The maximum Gasteiger partial charge on any atom is 0.226 e. The molecule has 2 rings (SSSR count). The van der Waals surface area contributed by atoms with Crippen molar-refractivity contribution in [2.45, 2.75) is 77.5 Å². The minimum absolute atomic E-state index is 0.00652. The molecule has 2 fully saturated rings. The van der Waals surface area contributed by atoms with Gasteiger partial charge in [0.25, 0.3) is 0 Å². The van der Waals surface area contributed by atoms with Gasteiger partial charge in [0.15, 0.2) is 0 Å². The number of aliphatic hydroxyl groups is 1. The van der Waals surface area contributed by atoms with E-state index in [0.717, 1.165) is 38.5 Å². The summed E-state index contributed by atoms with van der Waals surface area (Å²) in [5.41, 5.74) is 6.11. The maximum absolute atomic E-state index is 13.0. The maximum atomic E-state index is 13.0. The molecule has 122 valence electrons. The Bertz CT molecular complexity index is 383. The van der Waals surface area contributed by atoms with Crippen LogP contribution >= 0.6 is 0 Å². The van der Waals surface area contributed by atoms with Gasteiger partial charge in [-0.2, -0.15) is 0 Å². The van der Waals surface area contributed by atoms with Crippen molar-refractivity contribution in [3.8, 4) is 0 Å². The van der Waals surface area contributed by atoms with Gasteiger partial charge in [-0.05, 0) is 37.0 Å². The fourth-order valence-electron chi connectivity index (χ4n) is 4.24. The topological polar surface area (TPSA) is 66.6 Å². The first kappa shape index (κ1) is 16.8. The summed E-state index contributed by atoms with van der Waals surface area (Å²) < 4.78 is 0. The SMILES string of the molecule is CC1C(N)CCC(C(=O)N(C)C2CCCCC2O)C1(C)C. The number of carbonyl (C=O) groups excluding carboxylic acids is 1. The van der Waals surface area contributed by atoms with Crippen LogP contribution in [-0.2, 0) is 4.79 Å². The molecule has 0 aromatic carbocycles. The fraction of sp³-hybridized carbons (Fsp3) is 0.941. The van der Waals surface area contributed by atoms with Gasteiger partial charge in [0.1, 0.15) is 0 Å². The average Bonchev–Trinajstić information content (AvgIpc) is 2.44. The largest absolute Gasteiger partial charge is 0.391 e. The third kappa shape index (κ3) is 3.11. The summed E-state index contributed by atoms with van der Waals surface area (Å²) in [7, 11) is 1.87. The van der Waals surface area contributed by atoms with Crippen LogP contribution in [0.3, 0.4) is 0 Å². The monoisotopic (exact) mass is 296 g/mol. The molecule has 0 saturated heterocycles. The summed E-state index contributed by atoms with van der Waals surface area (Å²) in [4.78, 5) is 14.8. The van der Waals surface area contributed by atoms with Crippen molar-refractivity contribution in [1.29, 1.82) is 0 Å². The average molecular weight is 296 g/mol. The van der Waals surface area contributed by atoms with Gasteiger partial charge >= 0.3 is 0 Å². The summed E-state index contributed by atoms with van der Waals surface area (Å²) in [6.45, 7) is 6.51. The van der Waals surface area contributed by atoms with Gasteiger partial charge in [-0.1, -0.05) is 33.6 Å². The van der Waals surface area contributed by atoms with Crippen LogP contribution in [0.5, 0.6) is 0 Å². The van der Waals surface area contributed by atoms with E-state index in [1.807, 2.05) is 11.9 Å². The smallest absolute Gasteiger partial charge is 0.226 e. The van der Waals surface area contributed by atoms with Crippen molar-refractivity contribution in [3.63, 3.8) is 0 Å². The van der Waals surface area contributed by atoms with Crippen LogP contribution in [0.1, 0.15) is 59.3 Å². The van der Waals surface area contributed by atoms with Gasteiger partial charge < -0.3 is 15.7 Å². The standard InChI is InChI=1S/C17H32N2O2/c1-11-13(18)10-9-12(17(11,2)3)16(21)19(4)14-7-5-6-8-15(14)20/h11-15,20H,5-10,18H2,1-4H3. The van der Waals surface area contributed by atoms with E-state index < -0.39 is 0 Å². The van der Waals surface area contributed by atoms with Crippen molar-refractivity contribution in [3.05, 3.63) is 0 Å². The molecule has 4 nitrogen and oxygen atoms in total. The molecule has 0 aliphatic heterocycles. The van der Waals surface area contributed by atoms with E-state index in [2.05, 4.69) is 20.8 Å². The Morgan fingerprint density at radius 3 is 2.43 bits per heavy atom. The zero-order chi connectivity index (χ0) is 15.8. The molecular weight excluding hydrogens is 264 g/mol. The number of nitrogens with two attached hydrogens (primary N) is 1. The molecule has 5 atom stereocenters. The third-order valence-electron chi connectivity index (χ3n) is 6.34. The molecule has 0 spiro atoms. The molecule has 2 aliphatic carbocycles. The highest BCUT2D eigenvalue weighted by Crippen LogP contribution is 2.45. The summed E-state index contributed by atoms with van der Waals surface area (Å²) in [6, 6.07) is 0.183. The number of hydrogen-bond acceptors (Lipinski definition) is 3. The van der Waals surface area contributed by atoms with E-state index in [1.54, 1.807) is 0 Å². The number of likely N-dealkylation sites (N-methyl/N-ethyl adjacent to an activating group) is 1. The van der Waals surface area contributed by atoms with E-state index >= 15 is 0 Å². The second-order valence-electron chi connectivity index (χ2n) is 7.77. The molecule has 0 aromatic heterocycles. The van der Waals surface area contributed by atoms with Gasteiger partial charge in [0.05, 0.1) is 12.1 Å². The molecule has 1 amide bonds. The Hall–Kier alpha value is -0.610. The van der Waals surface area contributed by atoms with Crippen LogP contribution in [-0.4, -0.2) is 41.1 Å². The summed E-state index contributed by atoms with van der Waals surface area (Å²) in [6.07, 6.45) is 5.34. The lowest BCUT2D eigenvalue weighted by Crippen LogP contribution is -2.55. The van der Waals surface area contributed by atoms with Crippen LogP contribution in [0.15, 0.2) is 0 Å². The highest BCUT2D eigenvalue weighted by Gasteiger charge is 2.46. The van der Waals surface area contributed by atoms with Gasteiger partial charge in [-0.15, -0.1) is 0 Å². The molecule has 0 bridgehead atoms. The minimum atomic E-state index is -0.362. The number of hydrogen-bond donors (Lipinski definition) is 2. The second kappa shape index (κ2) is 6.25. The fourth-order valence-corrected chi connectivity index (χ4v) is 4.24. The molecule has 4 heteroatoms. The molecule has 2 saturated carbocycles. The van der Waals surface area contributed by atoms with Crippen molar-refractivity contribution >= 4 is 5.91 Å². The normalized spacial score (nSPS) is 39.8. The number of carbonyl (C=O) groups is 1. The predicted molar refractivity (Wildman–Crippen MR) is 84.7 cm³/mol. The Morgan fingerprint density at radius 2 is 1.81 bits per heavy atom. The van der Waals surface area contributed by atoms with Gasteiger partial charge in [0, 0.05) is 19.0 Å². The molecule has 0 aromatic rings. The molecular formula is C17H32N2O2. The van der Waals surface area contributed by atoms with Crippen molar-refractivity contribution < 1.29 is 9.90 Å². The predicted octanol–water partition coefficient (Wildman–Crippen LogP) is 2.15. The highest BCUT2D eigenvalue weighted by molar-refractivity contribution is 5.80. The first-order valence-electron chi connectivity index (χ1n) is 8.47. The first-order chi connectivity index (χ1) is 9.76. The van der Waals surface area contributed by atoms with Crippen LogP contribution < -0.4 is 5.73 Å². The van der Waals surface area contributed by atoms with Crippen molar-refractivity contribution in [2.24, 2.45) is 23.0 Å². The zero-order valence-electron chi connectivity index (χ0n) is 14.0. The number of amides is 1. The van der Waals surface area contributed by atoms with Gasteiger partial charge in [0.2, 0.25) is 5.91 Å². The Kier molecular flexibility index (Phi) is 4.99. The molecule has 5 unspecified atom stereocenters. The first-order valence-corrected chi connectivity index (χ1v) is 8.47. The lowest BCUT2D eigenvalue weighted by molar-refractivity contribution is -0.147. The minimum Gasteiger partial charge on any atom is -0.391 e. The van der Waals surface area contributed by atoms with Crippen LogP contribution in [0.2, 0.25) is 0 Å². The van der Waals surface area contributed by atoms with E-state index in [0.29, 0.717) is 5.92 Å². The van der Waals surface area contributed by atoms with Crippen LogP contribution in [0.25, 0.3) is 0 Å². The van der Waals surface area contributed by atoms with E-state index in [4.69, 9.17) is 5.73 Å². The summed E-state index contributed by atoms with van der Waals surface area (Å²) in [5, 5.41) is 10.2. The zero-order valence-corrected chi connectivity index (χ0v) is 14.0.